The predicted molar refractivity (Wildman–Crippen MR) is 83.4 cm³/mol. The molecule has 3 heterocycles. The van der Waals surface area contributed by atoms with Crippen molar-refractivity contribution < 1.29 is 4.42 Å². The van der Waals surface area contributed by atoms with Gasteiger partial charge in [0.2, 0.25) is 17.1 Å². The zero-order valence-corrected chi connectivity index (χ0v) is 12.2. The first-order chi connectivity index (χ1) is 10.3. The van der Waals surface area contributed by atoms with E-state index in [4.69, 9.17) is 16.0 Å². The smallest absolute Gasteiger partial charge is 0.229 e. The van der Waals surface area contributed by atoms with Crippen LogP contribution in [0.15, 0.2) is 52.3 Å². The number of aromatic nitrogens is 3. The van der Waals surface area contributed by atoms with Crippen LogP contribution < -0.4 is 0 Å². The lowest BCUT2D eigenvalue weighted by Crippen LogP contribution is -1.88. The molecule has 1 aromatic carbocycles. The number of hydrogen-bond donors (Lipinski definition) is 0. The molecule has 0 unspecified atom stereocenters. The summed E-state index contributed by atoms with van der Waals surface area (Å²) in [5.41, 5.74) is 1.76. The van der Waals surface area contributed by atoms with Crippen molar-refractivity contribution in [3.8, 4) is 22.2 Å². The Bertz CT molecular complexity index is 903. The molecule has 0 amide bonds. The Morgan fingerprint density at radius 2 is 1.81 bits per heavy atom. The summed E-state index contributed by atoms with van der Waals surface area (Å²) in [6.45, 7) is 0. The molecule has 0 bridgehead atoms. The molecule has 21 heavy (non-hydrogen) atoms. The van der Waals surface area contributed by atoms with E-state index in [1.54, 1.807) is 11.3 Å². The number of oxazole rings is 1. The van der Waals surface area contributed by atoms with Crippen LogP contribution in [0.5, 0.6) is 0 Å². The van der Waals surface area contributed by atoms with E-state index < -0.39 is 0 Å². The van der Waals surface area contributed by atoms with E-state index in [1.807, 2.05) is 47.8 Å². The number of fused-ring (bicyclic) bond motifs is 1. The Balaban J connectivity index is 1.90. The first kappa shape index (κ1) is 12.5. The minimum absolute atomic E-state index is 0.276. The number of rotatable bonds is 2. The van der Waals surface area contributed by atoms with Gasteiger partial charge < -0.3 is 4.42 Å². The Morgan fingerprint density at radius 3 is 2.57 bits per heavy atom. The van der Waals surface area contributed by atoms with Crippen molar-refractivity contribution in [2.75, 3.05) is 0 Å². The maximum Gasteiger partial charge on any atom is 0.229 e. The van der Waals surface area contributed by atoms with E-state index in [2.05, 4.69) is 15.0 Å². The third-order valence-electron chi connectivity index (χ3n) is 2.97. The standard InChI is InChI=1S/C15H8ClN3OS/c16-12-11-14(18-13(17-12)10-7-4-8-21-10)19-15(20-11)9-5-2-1-3-6-9/h1-8H. The summed E-state index contributed by atoms with van der Waals surface area (Å²) in [6.07, 6.45) is 0. The zero-order chi connectivity index (χ0) is 14.2. The first-order valence-electron chi connectivity index (χ1n) is 6.24. The molecular weight excluding hydrogens is 306 g/mol. The fourth-order valence-electron chi connectivity index (χ4n) is 2.01. The van der Waals surface area contributed by atoms with E-state index in [0.717, 1.165) is 10.4 Å². The van der Waals surface area contributed by atoms with Gasteiger partial charge in [-0.3, -0.25) is 0 Å². The van der Waals surface area contributed by atoms with Crippen LogP contribution in [0.2, 0.25) is 5.15 Å². The van der Waals surface area contributed by atoms with Crippen LogP contribution in [0.1, 0.15) is 0 Å². The van der Waals surface area contributed by atoms with E-state index >= 15 is 0 Å². The maximum absolute atomic E-state index is 6.20. The molecule has 0 saturated heterocycles. The van der Waals surface area contributed by atoms with Crippen LogP contribution in [0.3, 0.4) is 0 Å². The first-order valence-corrected chi connectivity index (χ1v) is 7.50. The van der Waals surface area contributed by atoms with Crippen molar-refractivity contribution in [3.63, 3.8) is 0 Å². The molecule has 0 spiro atoms. The van der Waals surface area contributed by atoms with E-state index in [0.29, 0.717) is 22.9 Å². The molecule has 0 saturated carbocycles. The minimum atomic E-state index is 0.276. The van der Waals surface area contributed by atoms with Crippen molar-refractivity contribution in [2.45, 2.75) is 0 Å². The Morgan fingerprint density at radius 1 is 0.952 bits per heavy atom. The fourth-order valence-corrected chi connectivity index (χ4v) is 2.87. The van der Waals surface area contributed by atoms with Gasteiger partial charge in [-0.15, -0.1) is 11.3 Å². The lowest BCUT2D eigenvalue weighted by molar-refractivity contribution is 0.618. The monoisotopic (exact) mass is 313 g/mol. The molecule has 4 rings (SSSR count). The highest BCUT2D eigenvalue weighted by Crippen LogP contribution is 2.30. The number of nitrogens with zero attached hydrogens (tertiary/aromatic N) is 3. The topological polar surface area (TPSA) is 51.8 Å². The molecule has 6 heteroatoms. The molecule has 0 atom stereocenters. The van der Waals surface area contributed by atoms with Crippen LogP contribution in [0.25, 0.3) is 33.4 Å². The van der Waals surface area contributed by atoms with Gasteiger partial charge in [0.1, 0.15) is 0 Å². The highest BCUT2D eigenvalue weighted by molar-refractivity contribution is 7.13. The molecular formula is C15H8ClN3OS. The molecule has 102 valence electrons. The van der Waals surface area contributed by atoms with Crippen LogP contribution in [-0.2, 0) is 0 Å². The van der Waals surface area contributed by atoms with Crippen molar-refractivity contribution in [2.24, 2.45) is 0 Å². The SMILES string of the molecule is Clc1nc(-c2cccs2)nc2nc(-c3ccccc3)oc12. The van der Waals surface area contributed by atoms with Gasteiger partial charge in [-0.2, -0.15) is 4.98 Å². The molecule has 4 nitrogen and oxygen atoms in total. The normalized spacial score (nSPS) is 11.1. The molecule has 0 aliphatic rings. The molecule has 0 aliphatic heterocycles. The highest BCUT2D eigenvalue weighted by atomic mass is 35.5. The van der Waals surface area contributed by atoms with Crippen LogP contribution in [-0.4, -0.2) is 15.0 Å². The van der Waals surface area contributed by atoms with Gasteiger partial charge in [0.25, 0.3) is 0 Å². The van der Waals surface area contributed by atoms with Gasteiger partial charge in [0, 0.05) is 5.56 Å². The summed E-state index contributed by atoms with van der Waals surface area (Å²) >= 11 is 7.75. The molecule has 0 radical (unpaired) electrons. The largest absolute Gasteiger partial charge is 0.431 e. The summed E-state index contributed by atoms with van der Waals surface area (Å²) in [5, 5.41) is 2.24. The lowest BCUT2D eigenvalue weighted by Gasteiger charge is -1.96. The Kier molecular flexibility index (Phi) is 2.94. The average molecular weight is 314 g/mol. The van der Waals surface area contributed by atoms with E-state index in [1.165, 1.54) is 0 Å². The van der Waals surface area contributed by atoms with Crippen molar-refractivity contribution in [3.05, 3.63) is 53.0 Å². The summed E-state index contributed by atoms with van der Waals surface area (Å²) in [5.74, 6) is 1.06. The van der Waals surface area contributed by atoms with Gasteiger partial charge in [-0.1, -0.05) is 35.9 Å². The summed E-state index contributed by atoms with van der Waals surface area (Å²) in [7, 11) is 0. The summed E-state index contributed by atoms with van der Waals surface area (Å²) < 4.78 is 5.69. The third kappa shape index (κ3) is 2.20. The van der Waals surface area contributed by atoms with Crippen LogP contribution in [0.4, 0.5) is 0 Å². The number of thiophene rings is 1. The quantitative estimate of drug-likeness (QED) is 0.505. The van der Waals surface area contributed by atoms with Crippen molar-refractivity contribution in [1.29, 1.82) is 0 Å². The number of benzene rings is 1. The third-order valence-corrected chi connectivity index (χ3v) is 4.10. The van der Waals surface area contributed by atoms with Gasteiger partial charge in [-0.25, -0.2) is 9.97 Å². The molecule has 3 aromatic heterocycles. The lowest BCUT2D eigenvalue weighted by atomic mass is 10.2. The van der Waals surface area contributed by atoms with Crippen molar-refractivity contribution in [1.82, 2.24) is 15.0 Å². The number of halogens is 1. The van der Waals surface area contributed by atoms with Gasteiger partial charge in [0.05, 0.1) is 4.88 Å². The van der Waals surface area contributed by atoms with Gasteiger partial charge in [0.15, 0.2) is 11.0 Å². The average Bonchev–Trinajstić information content (AvgIpc) is 3.17. The number of hydrogen-bond acceptors (Lipinski definition) is 5. The zero-order valence-electron chi connectivity index (χ0n) is 10.7. The maximum atomic E-state index is 6.20. The van der Waals surface area contributed by atoms with E-state index in [-0.39, 0.29) is 5.15 Å². The molecule has 4 aromatic rings. The highest BCUT2D eigenvalue weighted by Gasteiger charge is 2.16. The minimum Gasteiger partial charge on any atom is -0.431 e. The predicted octanol–water partition coefficient (Wildman–Crippen LogP) is 4.67. The summed E-state index contributed by atoms with van der Waals surface area (Å²) in [4.78, 5) is 14.1. The fraction of sp³-hybridized carbons (Fsp3) is 0. The summed E-state index contributed by atoms with van der Waals surface area (Å²) in [6, 6.07) is 13.5. The van der Waals surface area contributed by atoms with Crippen LogP contribution in [0, 0.1) is 0 Å². The van der Waals surface area contributed by atoms with Crippen LogP contribution >= 0.6 is 22.9 Å². The second kappa shape index (κ2) is 4.95. The molecule has 0 aliphatic carbocycles. The Labute approximate surface area is 129 Å². The Hall–Kier alpha value is -2.24. The molecule has 0 N–H and O–H groups in total. The van der Waals surface area contributed by atoms with Crippen molar-refractivity contribution >= 4 is 34.2 Å². The molecule has 0 fully saturated rings. The van der Waals surface area contributed by atoms with Gasteiger partial charge in [-0.05, 0) is 23.6 Å². The van der Waals surface area contributed by atoms with E-state index in [9.17, 15) is 0 Å². The second-order valence-corrected chi connectivity index (χ2v) is 5.66. The van der Waals surface area contributed by atoms with Gasteiger partial charge >= 0.3 is 0 Å². The second-order valence-electron chi connectivity index (χ2n) is 4.35.